The lowest BCUT2D eigenvalue weighted by Gasteiger charge is -2.17. The Morgan fingerprint density at radius 3 is 2.42 bits per heavy atom. The number of hydrogen-bond donors (Lipinski definition) is 1. The van der Waals surface area contributed by atoms with Crippen LogP contribution in [0.15, 0.2) is 41.3 Å². The van der Waals surface area contributed by atoms with Gasteiger partial charge >= 0.3 is 0 Å². The minimum absolute atomic E-state index is 0.140. The molecule has 1 unspecified atom stereocenters. The summed E-state index contributed by atoms with van der Waals surface area (Å²) < 4.78 is 37.0. The summed E-state index contributed by atoms with van der Waals surface area (Å²) in [5, 5.41) is 2.92. The first-order valence-electron chi connectivity index (χ1n) is 10.1. The van der Waals surface area contributed by atoms with E-state index in [0.29, 0.717) is 24.3 Å². The monoisotopic (exact) mass is 448 g/mol. The van der Waals surface area contributed by atoms with Gasteiger partial charge in [-0.2, -0.15) is 0 Å². The standard InChI is InChI=1S/C23H32N2O5S/c1-16-7-9-20(13-17(16)2)30-15-18(3)24-23(26)12-8-19-14-21(10-11-22(19)29-6)31(27,28)25(4)5/h7,9-11,13-14,18H,8,12,15H2,1-6H3,(H,24,26). The van der Waals surface area contributed by atoms with Crippen molar-refractivity contribution in [1.82, 2.24) is 9.62 Å². The molecule has 0 aromatic heterocycles. The first-order valence-corrected chi connectivity index (χ1v) is 11.6. The van der Waals surface area contributed by atoms with Crippen molar-refractivity contribution >= 4 is 15.9 Å². The normalized spacial score (nSPS) is 12.5. The number of amides is 1. The van der Waals surface area contributed by atoms with Crippen molar-refractivity contribution in [2.75, 3.05) is 27.8 Å². The van der Waals surface area contributed by atoms with Crippen LogP contribution in [0.25, 0.3) is 0 Å². The van der Waals surface area contributed by atoms with E-state index in [-0.39, 0.29) is 23.3 Å². The predicted molar refractivity (Wildman–Crippen MR) is 121 cm³/mol. The van der Waals surface area contributed by atoms with E-state index in [1.807, 2.05) is 39.0 Å². The van der Waals surface area contributed by atoms with Crippen molar-refractivity contribution in [3.63, 3.8) is 0 Å². The molecule has 1 atom stereocenters. The molecule has 2 aromatic carbocycles. The molecule has 0 bridgehead atoms. The van der Waals surface area contributed by atoms with Gasteiger partial charge in [0.05, 0.1) is 18.0 Å². The van der Waals surface area contributed by atoms with Gasteiger partial charge in [0.1, 0.15) is 18.1 Å². The highest BCUT2D eigenvalue weighted by Crippen LogP contribution is 2.25. The summed E-state index contributed by atoms with van der Waals surface area (Å²) in [7, 11) is 0.919. The number of rotatable bonds is 10. The zero-order valence-electron chi connectivity index (χ0n) is 19.1. The van der Waals surface area contributed by atoms with Crippen molar-refractivity contribution in [3.8, 4) is 11.5 Å². The number of ether oxygens (including phenoxy) is 2. The highest BCUT2D eigenvalue weighted by Gasteiger charge is 2.19. The van der Waals surface area contributed by atoms with Crippen molar-refractivity contribution in [1.29, 1.82) is 0 Å². The summed E-state index contributed by atoms with van der Waals surface area (Å²) in [6.07, 6.45) is 0.562. The molecule has 1 amide bonds. The Balaban J connectivity index is 1.94. The van der Waals surface area contributed by atoms with Crippen LogP contribution in [0, 0.1) is 13.8 Å². The maximum absolute atomic E-state index is 12.4. The second-order valence-corrected chi connectivity index (χ2v) is 9.94. The molecule has 0 aliphatic carbocycles. The molecule has 7 nitrogen and oxygen atoms in total. The first-order chi connectivity index (χ1) is 14.5. The van der Waals surface area contributed by atoms with E-state index in [1.165, 1.54) is 32.8 Å². The van der Waals surface area contributed by atoms with Crippen LogP contribution in [0.1, 0.15) is 30.0 Å². The average molecular weight is 449 g/mol. The van der Waals surface area contributed by atoms with Gasteiger partial charge in [0, 0.05) is 20.5 Å². The van der Waals surface area contributed by atoms with E-state index in [4.69, 9.17) is 9.47 Å². The van der Waals surface area contributed by atoms with Crippen LogP contribution in [-0.4, -0.2) is 52.5 Å². The predicted octanol–water partition coefficient (Wildman–Crippen LogP) is 3.08. The third-order valence-electron chi connectivity index (χ3n) is 5.04. The Hall–Kier alpha value is -2.58. The molecular weight excluding hydrogens is 416 g/mol. The summed E-state index contributed by atoms with van der Waals surface area (Å²) in [5.41, 5.74) is 3.02. The maximum atomic E-state index is 12.4. The van der Waals surface area contributed by atoms with Gasteiger partial charge in [0.2, 0.25) is 15.9 Å². The van der Waals surface area contributed by atoms with Gasteiger partial charge < -0.3 is 14.8 Å². The molecule has 0 radical (unpaired) electrons. The Bertz CT molecular complexity index is 1020. The van der Waals surface area contributed by atoms with Gasteiger partial charge in [0.15, 0.2) is 0 Å². The highest BCUT2D eigenvalue weighted by molar-refractivity contribution is 7.89. The van der Waals surface area contributed by atoms with Gasteiger partial charge in [-0.15, -0.1) is 0 Å². The number of methoxy groups -OCH3 is 1. The van der Waals surface area contributed by atoms with Crippen LogP contribution in [0.2, 0.25) is 0 Å². The number of nitrogens with zero attached hydrogens (tertiary/aromatic N) is 1. The van der Waals surface area contributed by atoms with Gasteiger partial charge in [-0.3, -0.25) is 4.79 Å². The van der Waals surface area contributed by atoms with E-state index >= 15 is 0 Å². The molecule has 0 fully saturated rings. The zero-order valence-corrected chi connectivity index (χ0v) is 19.9. The molecule has 2 aromatic rings. The average Bonchev–Trinajstić information content (AvgIpc) is 2.72. The molecule has 170 valence electrons. The smallest absolute Gasteiger partial charge is 0.242 e. The van der Waals surface area contributed by atoms with Gasteiger partial charge in [-0.05, 0) is 74.2 Å². The van der Waals surface area contributed by atoms with E-state index in [2.05, 4.69) is 5.32 Å². The van der Waals surface area contributed by atoms with Crippen molar-refractivity contribution < 1.29 is 22.7 Å². The minimum atomic E-state index is -3.56. The molecule has 0 spiro atoms. The lowest BCUT2D eigenvalue weighted by atomic mass is 10.1. The van der Waals surface area contributed by atoms with Gasteiger partial charge in [-0.1, -0.05) is 6.07 Å². The van der Waals surface area contributed by atoms with E-state index in [9.17, 15) is 13.2 Å². The van der Waals surface area contributed by atoms with Crippen LogP contribution in [-0.2, 0) is 21.2 Å². The summed E-state index contributed by atoms with van der Waals surface area (Å²) in [6.45, 7) is 6.31. The Morgan fingerprint density at radius 2 is 1.81 bits per heavy atom. The topological polar surface area (TPSA) is 84.9 Å². The minimum Gasteiger partial charge on any atom is -0.496 e. The molecule has 0 aliphatic rings. The van der Waals surface area contributed by atoms with E-state index in [1.54, 1.807) is 12.1 Å². The number of aryl methyl sites for hydroxylation is 3. The largest absolute Gasteiger partial charge is 0.496 e. The first kappa shape index (κ1) is 24.7. The molecule has 1 N–H and O–H groups in total. The third-order valence-corrected chi connectivity index (χ3v) is 6.85. The number of carbonyl (C=O) groups is 1. The fourth-order valence-corrected chi connectivity index (χ4v) is 3.94. The molecule has 0 saturated carbocycles. The SMILES string of the molecule is COc1ccc(S(=O)(=O)N(C)C)cc1CCC(=O)NC(C)COc1ccc(C)c(C)c1. The fraction of sp³-hybridized carbons (Fsp3) is 0.435. The number of sulfonamides is 1. The third kappa shape index (κ3) is 6.70. The van der Waals surface area contributed by atoms with Crippen LogP contribution in [0.3, 0.4) is 0 Å². The van der Waals surface area contributed by atoms with Crippen LogP contribution >= 0.6 is 0 Å². The maximum Gasteiger partial charge on any atom is 0.242 e. The van der Waals surface area contributed by atoms with Crippen molar-refractivity contribution in [2.24, 2.45) is 0 Å². The summed E-state index contributed by atoms with van der Waals surface area (Å²) in [6, 6.07) is 10.4. The number of carbonyl (C=O) groups excluding carboxylic acids is 1. The number of hydrogen-bond acceptors (Lipinski definition) is 5. The van der Waals surface area contributed by atoms with Crippen LogP contribution in [0.5, 0.6) is 11.5 Å². The van der Waals surface area contributed by atoms with Gasteiger partial charge in [0.25, 0.3) is 0 Å². The second kappa shape index (κ2) is 10.6. The summed E-state index contributed by atoms with van der Waals surface area (Å²) >= 11 is 0. The molecule has 31 heavy (non-hydrogen) atoms. The number of nitrogens with one attached hydrogen (secondary N) is 1. The second-order valence-electron chi connectivity index (χ2n) is 7.79. The van der Waals surface area contributed by atoms with Crippen LogP contribution in [0.4, 0.5) is 0 Å². The summed E-state index contributed by atoms with van der Waals surface area (Å²) in [5.74, 6) is 1.18. The van der Waals surface area contributed by atoms with Crippen molar-refractivity contribution in [3.05, 3.63) is 53.1 Å². The molecule has 8 heteroatoms. The van der Waals surface area contributed by atoms with E-state index in [0.717, 1.165) is 15.6 Å². The fourth-order valence-electron chi connectivity index (χ4n) is 2.98. The lowest BCUT2D eigenvalue weighted by Crippen LogP contribution is -2.36. The van der Waals surface area contributed by atoms with E-state index < -0.39 is 10.0 Å². The molecular formula is C23H32N2O5S. The Labute approximate surface area is 185 Å². The Kier molecular flexibility index (Phi) is 8.47. The zero-order chi connectivity index (χ0) is 23.2. The Morgan fingerprint density at radius 1 is 1.10 bits per heavy atom. The lowest BCUT2D eigenvalue weighted by molar-refractivity contribution is -0.121. The number of benzene rings is 2. The molecule has 0 aliphatic heterocycles. The quantitative estimate of drug-likeness (QED) is 0.604. The van der Waals surface area contributed by atoms with Crippen molar-refractivity contribution in [2.45, 2.75) is 44.6 Å². The highest BCUT2D eigenvalue weighted by atomic mass is 32.2. The van der Waals surface area contributed by atoms with Crippen LogP contribution < -0.4 is 14.8 Å². The van der Waals surface area contributed by atoms with Gasteiger partial charge in [-0.25, -0.2) is 12.7 Å². The molecule has 0 heterocycles. The summed E-state index contributed by atoms with van der Waals surface area (Å²) in [4.78, 5) is 12.6. The molecule has 2 rings (SSSR count). The molecule has 0 saturated heterocycles.